The molecule has 0 atom stereocenters. The molecule has 1 aromatic rings. The molecule has 0 amide bonds. The summed E-state index contributed by atoms with van der Waals surface area (Å²) in [6.07, 6.45) is 7.60. The normalized spacial score (nSPS) is 20.4. The Kier molecular flexibility index (Phi) is 3.64. The van der Waals surface area contributed by atoms with Gasteiger partial charge in [-0.1, -0.05) is 18.2 Å². The summed E-state index contributed by atoms with van der Waals surface area (Å²) in [5, 5.41) is 9.40. The van der Waals surface area contributed by atoms with E-state index in [2.05, 4.69) is 30.1 Å². The van der Waals surface area contributed by atoms with Crippen LogP contribution in [-0.4, -0.2) is 30.2 Å². The van der Waals surface area contributed by atoms with Crippen molar-refractivity contribution < 1.29 is 5.11 Å². The minimum absolute atomic E-state index is 0.225. The van der Waals surface area contributed by atoms with E-state index < -0.39 is 0 Å². The van der Waals surface area contributed by atoms with E-state index in [9.17, 15) is 5.11 Å². The summed E-state index contributed by atoms with van der Waals surface area (Å²) in [5.41, 5.74) is 4.78. The highest BCUT2D eigenvalue weighted by atomic mass is 16.3. The zero-order chi connectivity index (χ0) is 13.3. The molecule has 1 saturated carbocycles. The van der Waals surface area contributed by atoms with Crippen LogP contribution in [0.2, 0.25) is 0 Å². The molecule has 104 valence electrons. The van der Waals surface area contributed by atoms with Crippen molar-refractivity contribution in [1.29, 1.82) is 0 Å². The lowest BCUT2D eigenvalue weighted by Crippen LogP contribution is -2.28. The Bertz CT molecular complexity index is 451. The third kappa shape index (κ3) is 3.01. The first-order chi connectivity index (χ1) is 9.21. The predicted molar refractivity (Wildman–Crippen MR) is 78.2 cm³/mol. The number of fused-ring (bicyclic) bond motifs is 1. The van der Waals surface area contributed by atoms with E-state index in [4.69, 9.17) is 0 Å². The van der Waals surface area contributed by atoms with Crippen molar-refractivity contribution in [2.45, 2.75) is 45.1 Å². The molecule has 0 heterocycles. The fraction of sp³-hybridized carbons (Fsp3) is 0.647. The van der Waals surface area contributed by atoms with Gasteiger partial charge in [-0.3, -0.25) is 0 Å². The fourth-order valence-corrected chi connectivity index (χ4v) is 3.37. The van der Waals surface area contributed by atoms with Crippen LogP contribution in [0.15, 0.2) is 18.2 Å². The third-order valence-corrected chi connectivity index (χ3v) is 4.76. The molecule has 1 N–H and O–H groups in total. The van der Waals surface area contributed by atoms with Crippen LogP contribution in [0.4, 0.5) is 0 Å². The average molecular weight is 259 g/mol. The Morgan fingerprint density at radius 2 is 1.89 bits per heavy atom. The highest BCUT2D eigenvalue weighted by Gasteiger charge is 2.42. The minimum Gasteiger partial charge on any atom is -0.396 e. The smallest absolute Gasteiger partial charge is 0.0499 e. The van der Waals surface area contributed by atoms with Crippen LogP contribution in [-0.2, 0) is 19.4 Å². The van der Waals surface area contributed by atoms with Gasteiger partial charge in [-0.2, -0.15) is 0 Å². The third-order valence-electron chi connectivity index (χ3n) is 4.76. The Morgan fingerprint density at radius 1 is 1.16 bits per heavy atom. The van der Waals surface area contributed by atoms with Crippen molar-refractivity contribution in [2.75, 3.05) is 20.2 Å². The first-order valence-corrected chi connectivity index (χ1v) is 7.61. The molecule has 0 aromatic heterocycles. The maximum atomic E-state index is 9.40. The molecule has 3 rings (SSSR count). The van der Waals surface area contributed by atoms with Gasteiger partial charge in [0.25, 0.3) is 0 Å². The summed E-state index contributed by atoms with van der Waals surface area (Å²) in [6, 6.07) is 7.03. The topological polar surface area (TPSA) is 23.5 Å². The van der Waals surface area contributed by atoms with Gasteiger partial charge >= 0.3 is 0 Å². The summed E-state index contributed by atoms with van der Waals surface area (Å²) < 4.78 is 0. The van der Waals surface area contributed by atoms with Crippen LogP contribution in [0.5, 0.6) is 0 Å². The van der Waals surface area contributed by atoms with Crippen molar-refractivity contribution >= 4 is 0 Å². The lowest BCUT2D eigenvalue weighted by atomic mass is 9.90. The Balaban J connectivity index is 1.63. The second-order valence-electron chi connectivity index (χ2n) is 6.64. The highest BCUT2D eigenvalue weighted by molar-refractivity contribution is 5.33. The molecule has 2 aliphatic carbocycles. The molecular weight excluding hydrogens is 234 g/mol. The van der Waals surface area contributed by atoms with E-state index >= 15 is 0 Å². The molecule has 0 spiro atoms. The number of hydrogen-bond donors (Lipinski definition) is 1. The molecule has 0 unspecified atom stereocenters. The number of rotatable bonds is 5. The van der Waals surface area contributed by atoms with Crippen molar-refractivity contribution in [3.8, 4) is 0 Å². The number of aliphatic hydroxyl groups is 1. The lowest BCUT2D eigenvalue weighted by molar-refractivity contribution is 0.161. The molecule has 1 fully saturated rings. The Morgan fingerprint density at radius 3 is 2.58 bits per heavy atom. The molecule has 0 saturated heterocycles. The van der Waals surface area contributed by atoms with E-state index in [1.165, 1.54) is 44.1 Å². The van der Waals surface area contributed by atoms with Gasteiger partial charge in [-0.15, -0.1) is 0 Å². The van der Waals surface area contributed by atoms with E-state index in [0.717, 1.165) is 13.1 Å². The molecule has 2 heteroatoms. The molecule has 0 bridgehead atoms. The van der Waals surface area contributed by atoms with Gasteiger partial charge in [0.15, 0.2) is 0 Å². The number of aliphatic hydroxyl groups excluding tert-OH is 1. The van der Waals surface area contributed by atoms with Gasteiger partial charge < -0.3 is 10.0 Å². The molecular formula is C17H25NO. The van der Waals surface area contributed by atoms with E-state index in [-0.39, 0.29) is 5.41 Å². The first kappa shape index (κ1) is 13.1. The van der Waals surface area contributed by atoms with Gasteiger partial charge in [0.05, 0.1) is 0 Å². The van der Waals surface area contributed by atoms with Crippen molar-refractivity contribution in [3.05, 3.63) is 34.9 Å². The number of aryl methyl sites for hydroxylation is 2. The Labute approximate surface area is 116 Å². The van der Waals surface area contributed by atoms with E-state index in [1.54, 1.807) is 11.1 Å². The van der Waals surface area contributed by atoms with Crippen LogP contribution in [0.3, 0.4) is 0 Å². The highest BCUT2D eigenvalue weighted by Crippen LogP contribution is 2.45. The second kappa shape index (κ2) is 5.26. The summed E-state index contributed by atoms with van der Waals surface area (Å²) in [5.74, 6) is 0. The molecule has 2 nitrogen and oxygen atoms in total. The quantitative estimate of drug-likeness (QED) is 0.879. The fourth-order valence-electron chi connectivity index (χ4n) is 3.37. The monoisotopic (exact) mass is 259 g/mol. The minimum atomic E-state index is 0.225. The largest absolute Gasteiger partial charge is 0.396 e. The maximum Gasteiger partial charge on any atom is 0.0499 e. The van der Waals surface area contributed by atoms with E-state index in [1.807, 2.05) is 0 Å². The van der Waals surface area contributed by atoms with Gasteiger partial charge in [0.2, 0.25) is 0 Å². The van der Waals surface area contributed by atoms with Crippen LogP contribution in [0.25, 0.3) is 0 Å². The predicted octanol–water partition coefficient (Wildman–Crippen LogP) is 2.77. The SMILES string of the molecule is CN(Cc1ccc2c(c1)CCCC2)CC1(CO)CC1. The molecule has 1 aromatic carbocycles. The summed E-state index contributed by atoms with van der Waals surface area (Å²) >= 11 is 0. The number of nitrogens with zero attached hydrogens (tertiary/aromatic N) is 1. The standard InChI is InChI=1S/C17H25NO/c1-18(12-17(13-19)8-9-17)11-14-6-7-15-4-2-3-5-16(15)10-14/h6-7,10,19H,2-5,8-9,11-13H2,1H3. The van der Waals surface area contributed by atoms with Gasteiger partial charge in [0.1, 0.15) is 0 Å². The van der Waals surface area contributed by atoms with Gasteiger partial charge in [-0.05, 0) is 62.3 Å². The van der Waals surface area contributed by atoms with Crippen molar-refractivity contribution in [3.63, 3.8) is 0 Å². The zero-order valence-corrected chi connectivity index (χ0v) is 12.0. The summed E-state index contributed by atoms with van der Waals surface area (Å²) in [6.45, 7) is 2.39. The lowest BCUT2D eigenvalue weighted by Gasteiger charge is -2.23. The zero-order valence-electron chi connectivity index (χ0n) is 12.0. The molecule has 19 heavy (non-hydrogen) atoms. The van der Waals surface area contributed by atoms with Crippen LogP contribution in [0.1, 0.15) is 42.4 Å². The number of benzene rings is 1. The maximum absolute atomic E-state index is 9.40. The van der Waals surface area contributed by atoms with Crippen LogP contribution < -0.4 is 0 Å². The van der Waals surface area contributed by atoms with Crippen molar-refractivity contribution in [1.82, 2.24) is 4.90 Å². The number of hydrogen-bond acceptors (Lipinski definition) is 2. The summed E-state index contributed by atoms with van der Waals surface area (Å²) in [7, 11) is 2.18. The average Bonchev–Trinajstić information content (AvgIpc) is 3.19. The molecule has 0 radical (unpaired) electrons. The van der Waals surface area contributed by atoms with Gasteiger partial charge in [0, 0.05) is 25.1 Å². The van der Waals surface area contributed by atoms with Crippen LogP contribution >= 0.6 is 0 Å². The van der Waals surface area contributed by atoms with Gasteiger partial charge in [-0.25, -0.2) is 0 Å². The van der Waals surface area contributed by atoms with Crippen molar-refractivity contribution in [2.24, 2.45) is 5.41 Å². The second-order valence-corrected chi connectivity index (χ2v) is 6.64. The molecule has 2 aliphatic rings. The van der Waals surface area contributed by atoms with E-state index in [0.29, 0.717) is 6.61 Å². The Hall–Kier alpha value is -0.860. The molecule has 0 aliphatic heterocycles. The van der Waals surface area contributed by atoms with Crippen LogP contribution in [0, 0.1) is 5.41 Å². The summed E-state index contributed by atoms with van der Waals surface area (Å²) in [4.78, 5) is 2.37. The first-order valence-electron chi connectivity index (χ1n) is 7.61.